The highest BCUT2D eigenvalue weighted by atomic mass is 16.6. The lowest BCUT2D eigenvalue weighted by atomic mass is 10.1. The Hall–Kier alpha value is -1.55. The first-order chi connectivity index (χ1) is 9.28. The van der Waals surface area contributed by atoms with Crippen LogP contribution in [0, 0.1) is 13.8 Å². The van der Waals surface area contributed by atoms with Crippen LogP contribution >= 0.6 is 0 Å². The van der Waals surface area contributed by atoms with E-state index in [0.29, 0.717) is 13.1 Å². The molecule has 4 nitrogen and oxygen atoms in total. The number of carbonyl (C=O) groups excluding carboxylic acids is 1. The summed E-state index contributed by atoms with van der Waals surface area (Å²) in [7, 11) is 0. The highest BCUT2D eigenvalue weighted by molar-refractivity contribution is 5.67. The lowest BCUT2D eigenvalue weighted by molar-refractivity contribution is 0.0528. The van der Waals surface area contributed by atoms with Crippen molar-refractivity contribution in [2.24, 2.45) is 0 Å². The fourth-order valence-corrected chi connectivity index (χ4v) is 1.71. The zero-order valence-corrected chi connectivity index (χ0v) is 13.2. The van der Waals surface area contributed by atoms with Crippen molar-refractivity contribution < 1.29 is 9.53 Å². The van der Waals surface area contributed by atoms with Gasteiger partial charge in [0.15, 0.2) is 0 Å². The van der Waals surface area contributed by atoms with Gasteiger partial charge >= 0.3 is 6.09 Å². The Labute approximate surface area is 121 Å². The summed E-state index contributed by atoms with van der Waals surface area (Å²) in [5.41, 5.74) is 3.42. The number of carbonyl (C=O) groups is 1. The fourth-order valence-electron chi connectivity index (χ4n) is 1.71. The van der Waals surface area contributed by atoms with E-state index in [2.05, 4.69) is 42.7 Å². The van der Waals surface area contributed by atoms with E-state index in [9.17, 15) is 4.79 Å². The van der Waals surface area contributed by atoms with Crippen LogP contribution < -0.4 is 10.6 Å². The second-order valence-electron chi connectivity index (χ2n) is 6.02. The molecular formula is C16H26N2O2. The molecule has 0 atom stereocenters. The lowest BCUT2D eigenvalue weighted by Gasteiger charge is -2.19. The summed E-state index contributed by atoms with van der Waals surface area (Å²) in [4.78, 5) is 11.4. The topological polar surface area (TPSA) is 50.4 Å². The summed E-state index contributed by atoms with van der Waals surface area (Å²) in [6, 6.07) is 6.44. The number of nitrogens with one attached hydrogen (secondary N) is 2. The molecule has 0 aliphatic rings. The molecule has 2 N–H and O–H groups in total. The van der Waals surface area contributed by atoms with Crippen molar-refractivity contribution in [3.63, 3.8) is 0 Å². The molecular weight excluding hydrogens is 252 g/mol. The molecule has 0 unspecified atom stereocenters. The van der Waals surface area contributed by atoms with Crippen LogP contribution in [0.5, 0.6) is 0 Å². The summed E-state index contributed by atoms with van der Waals surface area (Å²) in [6.07, 6.45) is -0.370. The molecule has 0 aliphatic carbocycles. The van der Waals surface area contributed by atoms with Gasteiger partial charge < -0.3 is 15.4 Å². The zero-order valence-electron chi connectivity index (χ0n) is 13.2. The molecule has 0 radical (unpaired) electrons. The molecule has 0 saturated heterocycles. The predicted molar refractivity (Wildman–Crippen MR) is 81.9 cm³/mol. The minimum atomic E-state index is -0.447. The SMILES string of the molecule is Cc1ccc(CNCCNC(=O)OC(C)(C)C)cc1C. The van der Waals surface area contributed by atoms with Crippen molar-refractivity contribution in [2.75, 3.05) is 13.1 Å². The minimum absolute atomic E-state index is 0.370. The maximum atomic E-state index is 11.4. The van der Waals surface area contributed by atoms with E-state index in [0.717, 1.165) is 6.54 Å². The molecule has 0 spiro atoms. The van der Waals surface area contributed by atoms with E-state index >= 15 is 0 Å². The first-order valence-corrected chi connectivity index (χ1v) is 7.01. The molecule has 1 aromatic carbocycles. The number of hydrogen-bond donors (Lipinski definition) is 2. The molecule has 4 heteroatoms. The summed E-state index contributed by atoms with van der Waals surface area (Å²) < 4.78 is 5.15. The van der Waals surface area contributed by atoms with E-state index in [1.807, 2.05) is 20.8 Å². The number of rotatable bonds is 5. The van der Waals surface area contributed by atoms with Crippen molar-refractivity contribution in [2.45, 2.75) is 46.8 Å². The molecule has 0 heterocycles. The third-order valence-corrected chi connectivity index (χ3v) is 2.87. The maximum Gasteiger partial charge on any atom is 0.407 e. The zero-order chi connectivity index (χ0) is 15.2. The van der Waals surface area contributed by atoms with Gasteiger partial charge in [-0.2, -0.15) is 0 Å². The van der Waals surface area contributed by atoms with Gasteiger partial charge in [-0.15, -0.1) is 0 Å². The Bertz CT molecular complexity index is 450. The smallest absolute Gasteiger partial charge is 0.407 e. The summed E-state index contributed by atoms with van der Waals surface area (Å²) >= 11 is 0. The maximum absolute atomic E-state index is 11.4. The minimum Gasteiger partial charge on any atom is -0.444 e. The van der Waals surface area contributed by atoms with Gasteiger partial charge in [-0.25, -0.2) is 4.79 Å². The molecule has 112 valence electrons. The van der Waals surface area contributed by atoms with Crippen molar-refractivity contribution in [3.8, 4) is 0 Å². The van der Waals surface area contributed by atoms with Crippen molar-refractivity contribution in [3.05, 3.63) is 34.9 Å². The Kier molecular flexibility index (Phi) is 6.02. The van der Waals surface area contributed by atoms with E-state index in [1.54, 1.807) is 0 Å². The molecule has 1 amide bonds. The van der Waals surface area contributed by atoms with Crippen LogP contribution in [0.15, 0.2) is 18.2 Å². The number of amides is 1. The van der Waals surface area contributed by atoms with Gasteiger partial charge in [0.05, 0.1) is 0 Å². The van der Waals surface area contributed by atoms with Crippen LogP contribution in [0.2, 0.25) is 0 Å². The van der Waals surface area contributed by atoms with E-state index in [1.165, 1.54) is 16.7 Å². The number of aryl methyl sites for hydroxylation is 2. The molecule has 1 rings (SSSR count). The number of hydrogen-bond acceptors (Lipinski definition) is 3. The van der Waals surface area contributed by atoms with Crippen LogP contribution in [0.25, 0.3) is 0 Å². The van der Waals surface area contributed by atoms with E-state index in [-0.39, 0.29) is 6.09 Å². The van der Waals surface area contributed by atoms with Crippen LogP contribution in [0.3, 0.4) is 0 Å². The number of ether oxygens (including phenoxy) is 1. The Morgan fingerprint density at radius 2 is 1.85 bits per heavy atom. The van der Waals surface area contributed by atoms with Gasteiger partial charge in [0.25, 0.3) is 0 Å². The second kappa shape index (κ2) is 7.29. The Balaban J connectivity index is 2.19. The highest BCUT2D eigenvalue weighted by Gasteiger charge is 2.15. The summed E-state index contributed by atoms with van der Waals surface area (Å²) in [5, 5.41) is 6.02. The average Bonchev–Trinajstić information content (AvgIpc) is 2.31. The van der Waals surface area contributed by atoms with Gasteiger partial charge in [0, 0.05) is 19.6 Å². The normalized spacial score (nSPS) is 11.2. The van der Waals surface area contributed by atoms with Gasteiger partial charge in [-0.1, -0.05) is 18.2 Å². The Morgan fingerprint density at radius 1 is 1.15 bits per heavy atom. The highest BCUT2D eigenvalue weighted by Crippen LogP contribution is 2.09. The Morgan fingerprint density at radius 3 is 2.45 bits per heavy atom. The molecule has 0 saturated carbocycles. The average molecular weight is 278 g/mol. The van der Waals surface area contributed by atoms with Gasteiger partial charge in [0.1, 0.15) is 5.60 Å². The number of alkyl carbamates (subject to hydrolysis) is 1. The third kappa shape index (κ3) is 6.57. The monoisotopic (exact) mass is 278 g/mol. The van der Waals surface area contributed by atoms with Gasteiger partial charge in [0.2, 0.25) is 0 Å². The molecule has 0 fully saturated rings. The van der Waals surface area contributed by atoms with E-state index in [4.69, 9.17) is 4.74 Å². The first-order valence-electron chi connectivity index (χ1n) is 7.01. The molecule has 0 aliphatic heterocycles. The third-order valence-electron chi connectivity index (χ3n) is 2.87. The van der Waals surface area contributed by atoms with Crippen LogP contribution in [0.1, 0.15) is 37.5 Å². The first kappa shape index (κ1) is 16.5. The lowest BCUT2D eigenvalue weighted by Crippen LogP contribution is -2.36. The standard InChI is InChI=1S/C16H26N2O2/c1-12-6-7-14(10-13(12)2)11-17-8-9-18-15(19)20-16(3,4)5/h6-7,10,17H,8-9,11H2,1-5H3,(H,18,19). The van der Waals surface area contributed by atoms with Crippen molar-refractivity contribution >= 4 is 6.09 Å². The molecule has 20 heavy (non-hydrogen) atoms. The number of benzene rings is 1. The predicted octanol–water partition coefficient (Wildman–Crippen LogP) is 2.92. The van der Waals surface area contributed by atoms with Crippen LogP contribution in [-0.4, -0.2) is 24.8 Å². The van der Waals surface area contributed by atoms with Crippen LogP contribution in [-0.2, 0) is 11.3 Å². The van der Waals surface area contributed by atoms with Crippen LogP contribution in [0.4, 0.5) is 4.79 Å². The van der Waals surface area contributed by atoms with E-state index < -0.39 is 5.60 Å². The second-order valence-corrected chi connectivity index (χ2v) is 6.02. The van der Waals surface area contributed by atoms with Gasteiger partial charge in [-0.05, 0) is 51.3 Å². The van der Waals surface area contributed by atoms with Crippen molar-refractivity contribution in [1.82, 2.24) is 10.6 Å². The van der Waals surface area contributed by atoms with Crippen molar-refractivity contribution in [1.29, 1.82) is 0 Å². The molecule has 0 aromatic heterocycles. The summed E-state index contributed by atoms with van der Waals surface area (Å²) in [6.45, 7) is 11.9. The molecule has 0 bridgehead atoms. The fraction of sp³-hybridized carbons (Fsp3) is 0.562. The largest absolute Gasteiger partial charge is 0.444 e. The summed E-state index contributed by atoms with van der Waals surface area (Å²) in [5.74, 6) is 0. The van der Waals surface area contributed by atoms with Gasteiger partial charge in [-0.3, -0.25) is 0 Å². The molecule has 1 aromatic rings. The quantitative estimate of drug-likeness (QED) is 0.814.